The summed E-state index contributed by atoms with van der Waals surface area (Å²) in [6, 6.07) is 16.9. The second-order valence-electron chi connectivity index (χ2n) is 6.59. The number of thiophene rings is 1. The Hall–Kier alpha value is -3.30. The molecular weight excluding hydrogens is 386 g/mol. The Morgan fingerprint density at radius 1 is 1.24 bits per heavy atom. The van der Waals surface area contributed by atoms with E-state index in [2.05, 4.69) is 6.07 Å². The minimum Gasteiger partial charge on any atom is -0.489 e. The highest BCUT2D eigenvalue weighted by atomic mass is 32.1. The summed E-state index contributed by atoms with van der Waals surface area (Å²) < 4.78 is 12.0. The summed E-state index contributed by atoms with van der Waals surface area (Å²) in [5, 5.41) is 22.6. The number of aliphatic carboxylic acids is 1. The molecule has 0 bridgehead atoms. The Kier molecular flexibility index (Phi) is 6.88. The smallest absolute Gasteiger partial charge is 0.303 e. The van der Waals surface area contributed by atoms with E-state index in [1.165, 1.54) is 0 Å². The number of carboxylic acid groups (broad SMARTS) is 1. The van der Waals surface area contributed by atoms with Gasteiger partial charge in [0.05, 0.1) is 5.56 Å². The van der Waals surface area contributed by atoms with Crippen LogP contribution >= 0.6 is 11.3 Å². The van der Waals surface area contributed by atoms with Gasteiger partial charge in [0.15, 0.2) is 0 Å². The zero-order chi connectivity index (χ0) is 20.6. The van der Waals surface area contributed by atoms with Crippen LogP contribution in [0.4, 0.5) is 0 Å². The van der Waals surface area contributed by atoms with Crippen LogP contribution in [0, 0.1) is 18.3 Å². The molecule has 1 atom stereocenters. The largest absolute Gasteiger partial charge is 0.489 e. The molecule has 0 aliphatic heterocycles. The van der Waals surface area contributed by atoms with Gasteiger partial charge < -0.3 is 14.6 Å². The second-order valence-corrected chi connectivity index (χ2v) is 7.37. The van der Waals surface area contributed by atoms with Crippen molar-refractivity contribution in [3.8, 4) is 17.6 Å². The van der Waals surface area contributed by atoms with Gasteiger partial charge in [0, 0.05) is 12.5 Å². The molecule has 6 heteroatoms. The number of hydrogen-bond acceptors (Lipinski definition) is 5. The van der Waals surface area contributed by atoms with Crippen LogP contribution in [0.1, 0.15) is 41.2 Å². The van der Waals surface area contributed by atoms with Crippen molar-refractivity contribution in [1.82, 2.24) is 0 Å². The zero-order valence-electron chi connectivity index (χ0n) is 16.0. The van der Waals surface area contributed by atoms with E-state index in [-0.39, 0.29) is 6.42 Å². The molecule has 148 valence electrons. The maximum atomic E-state index is 11.1. The predicted octanol–water partition coefficient (Wildman–Crippen LogP) is 5.49. The minimum atomic E-state index is -0.888. The van der Waals surface area contributed by atoms with E-state index in [1.54, 1.807) is 29.5 Å². The quantitative estimate of drug-likeness (QED) is 0.507. The lowest BCUT2D eigenvalue weighted by atomic mass is 9.99. The Labute approximate surface area is 173 Å². The number of carbonyl (C=O) groups is 1. The fraction of sp³-hybridized carbons (Fsp3) is 0.217. The molecule has 3 rings (SSSR count). The number of benzene rings is 2. The van der Waals surface area contributed by atoms with Gasteiger partial charge in [-0.3, -0.25) is 4.79 Å². The van der Waals surface area contributed by atoms with Gasteiger partial charge in [0.25, 0.3) is 0 Å². The summed E-state index contributed by atoms with van der Waals surface area (Å²) in [5.41, 5.74) is 3.36. The first-order valence-corrected chi connectivity index (χ1v) is 10.1. The van der Waals surface area contributed by atoms with E-state index in [0.29, 0.717) is 30.1 Å². The van der Waals surface area contributed by atoms with Gasteiger partial charge in [-0.15, -0.1) is 0 Å². The van der Waals surface area contributed by atoms with E-state index >= 15 is 0 Å². The first kappa shape index (κ1) is 20.4. The third-order valence-corrected chi connectivity index (χ3v) is 5.22. The Morgan fingerprint density at radius 2 is 2.07 bits per heavy atom. The summed E-state index contributed by atoms with van der Waals surface area (Å²) in [4.78, 5) is 11.1. The fourth-order valence-electron chi connectivity index (χ4n) is 2.96. The van der Waals surface area contributed by atoms with Crippen molar-refractivity contribution in [3.05, 3.63) is 81.5 Å². The highest BCUT2D eigenvalue weighted by Crippen LogP contribution is 2.32. The average molecular weight is 407 g/mol. The SMILES string of the molecule is Cc1ccccc1[C@@H](CCC(=O)O)Oc1cc(OCc2ccsc2)ccc1C#N. The molecule has 3 aromatic rings. The van der Waals surface area contributed by atoms with Crippen LogP contribution in [0.5, 0.6) is 11.5 Å². The molecule has 1 heterocycles. The molecule has 0 saturated heterocycles. The minimum absolute atomic E-state index is 0.0325. The number of rotatable bonds is 9. The summed E-state index contributed by atoms with van der Waals surface area (Å²) in [6.45, 7) is 2.38. The molecule has 2 aromatic carbocycles. The van der Waals surface area contributed by atoms with Crippen molar-refractivity contribution in [1.29, 1.82) is 5.26 Å². The van der Waals surface area contributed by atoms with Gasteiger partial charge in [-0.05, 0) is 59.0 Å². The van der Waals surface area contributed by atoms with Crippen molar-refractivity contribution in [2.45, 2.75) is 32.5 Å². The van der Waals surface area contributed by atoms with E-state index in [0.717, 1.165) is 16.7 Å². The monoisotopic (exact) mass is 407 g/mol. The molecule has 0 saturated carbocycles. The summed E-state index contributed by atoms with van der Waals surface area (Å²) in [5.74, 6) is 0.0847. The lowest BCUT2D eigenvalue weighted by Gasteiger charge is -2.22. The normalized spacial score (nSPS) is 11.4. The third-order valence-electron chi connectivity index (χ3n) is 4.48. The Morgan fingerprint density at radius 3 is 2.76 bits per heavy atom. The van der Waals surface area contributed by atoms with Crippen molar-refractivity contribution in [2.24, 2.45) is 0 Å². The second kappa shape index (κ2) is 9.76. The lowest BCUT2D eigenvalue weighted by molar-refractivity contribution is -0.137. The highest BCUT2D eigenvalue weighted by molar-refractivity contribution is 7.07. The van der Waals surface area contributed by atoms with Crippen LogP contribution in [0.25, 0.3) is 0 Å². The predicted molar refractivity (Wildman–Crippen MR) is 111 cm³/mol. The van der Waals surface area contributed by atoms with E-state index < -0.39 is 12.1 Å². The van der Waals surface area contributed by atoms with Crippen LogP contribution in [-0.2, 0) is 11.4 Å². The maximum absolute atomic E-state index is 11.1. The third kappa shape index (κ3) is 5.59. The van der Waals surface area contributed by atoms with Gasteiger partial charge in [-0.2, -0.15) is 16.6 Å². The lowest BCUT2D eigenvalue weighted by Crippen LogP contribution is -2.12. The number of nitriles is 1. The van der Waals surface area contributed by atoms with Crippen LogP contribution < -0.4 is 9.47 Å². The molecular formula is C23H21NO4S. The van der Waals surface area contributed by atoms with Gasteiger partial charge >= 0.3 is 5.97 Å². The number of ether oxygens (including phenoxy) is 2. The van der Waals surface area contributed by atoms with Gasteiger partial charge in [0.1, 0.15) is 30.3 Å². The maximum Gasteiger partial charge on any atom is 0.303 e. The fourth-order valence-corrected chi connectivity index (χ4v) is 3.61. The molecule has 0 radical (unpaired) electrons. The van der Waals surface area contributed by atoms with Gasteiger partial charge in [-0.25, -0.2) is 0 Å². The van der Waals surface area contributed by atoms with Gasteiger partial charge in [0.2, 0.25) is 0 Å². The molecule has 0 fully saturated rings. The van der Waals surface area contributed by atoms with Crippen molar-refractivity contribution >= 4 is 17.3 Å². The van der Waals surface area contributed by atoms with Crippen LogP contribution in [0.3, 0.4) is 0 Å². The van der Waals surface area contributed by atoms with E-state index in [1.807, 2.05) is 48.0 Å². The molecule has 0 amide bonds. The van der Waals surface area contributed by atoms with E-state index in [9.17, 15) is 10.1 Å². The van der Waals surface area contributed by atoms with Crippen LogP contribution in [0.2, 0.25) is 0 Å². The number of aryl methyl sites for hydroxylation is 1. The average Bonchev–Trinajstić information content (AvgIpc) is 3.24. The zero-order valence-corrected chi connectivity index (χ0v) is 16.8. The summed E-state index contributed by atoms with van der Waals surface area (Å²) in [6.07, 6.45) is -0.216. The standard InChI is InChI=1S/C23H21NO4S/c1-16-4-2-3-5-20(16)21(8-9-23(25)26)28-22-12-19(7-6-18(22)13-24)27-14-17-10-11-29-15-17/h2-7,10-12,15,21H,8-9,14H2,1H3,(H,25,26)/t21-/m1/s1. The number of carboxylic acids is 1. The molecule has 5 nitrogen and oxygen atoms in total. The first-order chi connectivity index (χ1) is 14.1. The topological polar surface area (TPSA) is 79.6 Å². The molecule has 0 unspecified atom stereocenters. The molecule has 0 aliphatic carbocycles. The Bertz CT molecular complexity index is 1010. The summed E-state index contributed by atoms with van der Waals surface area (Å²) in [7, 11) is 0. The highest BCUT2D eigenvalue weighted by Gasteiger charge is 2.19. The molecule has 0 aliphatic rings. The summed E-state index contributed by atoms with van der Waals surface area (Å²) >= 11 is 1.60. The molecule has 0 spiro atoms. The Balaban J connectivity index is 1.85. The van der Waals surface area contributed by atoms with Crippen molar-refractivity contribution in [3.63, 3.8) is 0 Å². The number of hydrogen-bond donors (Lipinski definition) is 1. The number of nitrogens with zero attached hydrogens (tertiary/aromatic N) is 1. The van der Waals surface area contributed by atoms with Crippen LogP contribution in [0.15, 0.2) is 59.3 Å². The van der Waals surface area contributed by atoms with Crippen molar-refractivity contribution < 1.29 is 19.4 Å². The van der Waals surface area contributed by atoms with Crippen molar-refractivity contribution in [2.75, 3.05) is 0 Å². The van der Waals surface area contributed by atoms with Gasteiger partial charge in [-0.1, -0.05) is 24.3 Å². The first-order valence-electron chi connectivity index (χ1n) is 9.19. The molecule has 29 heavy (non-hydrogen) atoms. The molecule has 1 N–H and O–H groups in total. The van der Waals surface area contributed by atoms with Crippen LogP contribution in [-0.4, -0.2) is 11.1 Å². The molecule has 1 aromatic heterocycles. The van der Waals surface area contributed by atoms with E-state index in [4.69, 9.17) is 14.6 Å².